The molecule has 0 atom stereocenters. The molecular weight excluding hydrogens is 362 g/mol. The molecule has 0 heterocycles. The fourth-order valence-corrected chi connectivity index (χ4v) is 2.21. The first-order chi connectivity index (χ1) is 12.9. The molecule has 0 spiro atoms. The second-order valence-corrected chi connectivity index (χ2v) is 6.20. The third kappa shape index (κ3) is 7.29. The maximum Gasteiger partial charge on any atom is 0.276 e. The summed E-state index contributed by atoms with van der Waals surface area (Å²) in [7, 11) is 0. The van der Waals surface area contributed by atoms with Gasteiger partial charge in [-0.1, -0.05) is 48.0 Å². The highest BCUT2D eigenvalue weighted by atomic mass is 32.1. The smallest absolute Gasteiger partial charge is 0.276 e. The molecule has 0 aliphatic carbocycles. The van der Waals surface area contributed by atoms with E-state index in [2.05, 4.69) is 16.2 Å². The summed E-state index contributed by atoms with van der Waals surface area (Å²) < 4.78 is 5.41. The van der Waals surface area contributed by atoms with Gasteiger partial charge in [-0.15, -0.1) is 0 Å². The van der Waals surface area contributed by atoms with Crippen LogP contribution in [0.25, 0.3) is 6.08 Å². The lowest BCUT2D eigenvalue weighted by molar-refractivity contribution is -0.123. The highest BCUT2D eigenvalue weighted by Crippen LogP contribution is 2.15. The van der Waals surface area contributed by atoms with Crippen LogP contribution >= 0.6 is 12.2 Å². The molecule has 0 bridgehead atoms. The summed E-state index contributed by atoms with van der Waals surface area (Å²) in [6.45, 7) is 3.70. The van der Waals surface area contributed by atoms with Crippen molar-refractivity contribution in [3.63, 3.8) is 0 Å². The largest absolute Gasteiger partial charge is 0.483 e. The quantitative estimate of drug-likeness (QED) is 0.420. The molecule has 6 nitrogen and oxygen atoms in total. The molecule has 140 valence electrons. The standard InChI is InChI=1S/C20H21N3O3S/c1-14-7-9-16(10-8-14)11-12-18(24)21-20(27)23-22-19(25)13-26-17-6-4-3-5-15(17)2/h3-12H,13H2,1-2H3,(H,22,25)(H2,21,23,24,27)/b12-11+. The number of nitrogens with one attached hydrogen (secondary N) is 3. The average Bonchev–Trinajstić information content (AvgIpc) is 2.65. The third-order valence-electron chi connectivity index (χ3n) is 3.51. The molecule has 0 aliphatic heterocycles. The first kappa shape index (κ1) is 20.1. The van der Waals surface area contributed by atoms with E-state index in [-0.39, 0.29) is 11.7 Å². The predicted octanol–water partition coefficient (Wildman–Crippen LogP) is 2.42. The van der Waals surface area contributed by atoms with E-state index >= 15 is 0 Å². The molecule has 0 saturated heterocycles. The van der Waals surface area contributed by atoms with Crippen molar-refractivity contribution in [2.45, 2.75) is 13.8 Å². The number of hydrazine groups is 1. The SMILES string of the molecule is Cc1ccc(/C=C/C(=O)NC(=S)NNC(=O)COc2ccccc2C)cc1. The van der Waals surface area contributed by atoms with Gasteiger partial charge < -0.3 is 4.74 Å². The summed E-state index contributed by atoms with van der Waals surface area (Å²) in [6, 6.07) is 15.1. The van der Waals surface area contributed by atoms with Crippen molar-refractivity contribution in [3.05, 3.63) is 71.3 Å². The number of aryl methyl sites for hydroxylation is 2. The Hall–Kier alpha value is -3.19. The van der Waals surface area contributed by atoms with Crippen molar-refractivity contribution in [1.82, 2.24) is 16.2 Å². The minimum atomic E-state index is -0.426. The summed E-state index contributed by atoms with van der Waals surface area (Å²) in [6.07, 6.45) is 3.04. The van der Waals surface area contributed by atoms with Crippen LogP contribution < -0.4 is 20.9 Å². The molecule has 0 aliphatic rings. The Labute approximate surface area is 163 Å². The number of carbonyl (C=O) groups excluding carboxylic acids is 2. The molecule has 2 rings (SSSR count). The minimum Gasteiger partial charge on any atom is -0.483 e. The summed E-state index contributed by atoms with van der Waals surface area (Å²) in [5.74, 6) is -0.201. The zero-order valence-corrected chi connectivity index (χ0v) is 15.9. The predicted molar refractivity (Wildman–Crippen MR) is 109 cm³/mol. The van der Waals surface area contributed by atoms with Crippen LogP contribution in [0.4, 0.5) is 0 Å². The van der Waals surface area contributed by atoms with Gasteiger partial charge in [0.1, 0.15) is 5.75 Å². The second kappa shape index (κ2) is 10.1. The first-order valence-electron chi connectivity index (χ1n) is 8.27. The number of benzene rings is 2. The number of thiocarbonyl (C=S) groups is 1. The number of hydrogen-bond donors (Lipinski definition) is 3. The average molecular weight is 383 g/mol. The number of ether oxygens (including phenoxy) is 1. The van der Waals surface area contributed by atoms with Crippen molar-refractivity contribution >= 4 is 35.2 Å². The molecule has 27 heavy (non-hydrogen) atoms. The maximum atomic E-state index is 11.8. The Morgan fingerprint density at radius 1 is 1.04 bits per heavy atom. The summed E-state index contributed by atoms with van der Waals surface area (Å²) >= 11 is 4.96. The molecule has 2 aromatic carbocycles. The normalized spacial score (nSPS) is 10.3. The van der Waals surface area contributed by atoms with Crippen molar-refractivity contribution < 1.29 is 14.3 Å². The lowest BCUT2D eigenvalue weighted by atomic mass is 10.1. The van der Waals surface area contributed by atoms with Crippen LogP contribution in [-0.2, 0) is 9.59 Å². The van der Waals surface area contributed by atoms with Crippen LogP contribution in [0.15, 0.2) is 54.6 Å². The van der Waals surface area contributed by atoms with Gasteiger partial charge in [0.15, 0.2) is 11.7 Å². The number of carbonyl (C=O) groups is 2. The number of amides is 2. The highest BCUT2D eigenvalue weighted by molar-refractivity contribution is 7.80. The van der Waals surface area contributed by atoms with Crippen molar-refractivity contribution in [2.75, 3.05) is 6.61 Å². The van der Waals surface area contributed by atoms with Crippen LogP contribution in [0.2, 0.25) is 0 Å². The molecule has 0 saturated carbocycles. The van der Waals surface area contributed by atoms with E-state index in [4.69, 9.17) is 17.0 Å². The Morgan fingerprint density at radius 3 is 2.44 bits per heavy atom. The van der Waals surface area contributed by atoms with Crippen LogP contribution in [-0.4, -0.2) is 23.5 Å². The van der Waals surface area contributed by atoms with Crippen LogP contribution in [0.3, 0.4) is 0 Å². The molecular formula is C20H21N3O3S. The van der Waals surface area contributed by atoms with Crippen molar-refractivity contribution in [1.29, 1.82) is 0 Å². The molecule has 0 radical (unpaired) electrons. The first-order valence-corrected chi connectivity index (χ1v) is 8.68. The van der Waals surface area contributed by atoms with Gasteiger partial charge >= 0.3 is 0 Å². The lowest BCUT2D eigenvalue weighted by Gasteiger charge is -2.11. The number of rotatable bonds is 5. The molecule has 2 amide bonds. The van der Waals surface area contributed by atoms with Crippen molar-refractivity contribution in [3.8, 4) is 5.75 Å². The fraction of sp³-hybridized carbons (Fsp3) is 0.150. The third-order valence-corrected chi connectivity index (χ3v) is 3.71. The Kier molecular flexibility index (Phi) is 7.51. The molecule has 0 unspecified atom stereocenters. The Bertz CT molecular complexity index is 848. The van der Waals surface area contributed by atoms with Gasteiger partial charge in [0.2, 0.25) is 5.91 Å². The zero-order chi connectivity index (χ0) is 19.6. The minimum absolute atomic E-state index is 0.0159. The van der Waals surface area contributed by atoms with Gasteiger partial charge in [0.25, 0.3) is 5.91 Å². The van der Waals surface area contributed by atoms with Gasteiger partial charge in [-0.05, 0) is 49.3 Å². The Balaban J connectivity index is 1.70. The van der Waals surface area contributed by atoms with E-state index in [1.54, 1.807) is 12.1 Å². The molecule has 3 N–H and O–H groups in total. The molecule has 0 aromatic heterocycles. The highest BCUT2D eigenvalue weighted by Gasteiger charge is 2.06. The van der Waals surface area contributed by atoms with Crippen LogP contribution in [0.1, 0.15) is 16.7 Å². The van der Waals surface area contributed by atoms with E-state index in [9.17, 15) is 9.59 Å². The van der Waals surface area contributed by atoms with Gasteiger partial charge in [-0.3, -0.25) is 25.8 Å². The molecule has 0 fully saturated rings. The number of para-hydroxylation sites is 1. The Morgan fingerprint density at radius 2 is 1.74 bits per heavy atom. The fourth-order valence-electron chi connectivity index (χ4n) is 2.06. The summed E-state index contributed by atoms with van der Waals surface area (Å²) in [5, 5.41) is 2.42. The van der Waals surface area contributed by atoms with E-state index in [0.717, 1.165) is 16.7 Å². The molecule has 2 aromatic rings. The number of hydrogen-bond acceptors (Lipinski definition) is 4. The van der Waals surface area contributed by atoms with E-state index < -0.39 is 11.8 Å². The zero-order valence-electron chi connectivity index (χ0n) is 15.1. The monoisotopic (exact) mass is 383 g/mol. The molecule has 7 heteroatoms. The van der Waals surface area contributed by atoms with Gasteiger partial charge in [-0.25, -0.2) is 0 Å². The second-order valence-electron chi connectivity index (χ2n) is 5.79. The summed E-state index contributed by atoms with van der Waals surface area (Å²) in [5.41, 5.74) is 7.79. The van der Waals surface area contributed by atoms with Gasteiger partial charge in [0.05, 0.1) is 0 Å². The van der Waals surface area contributed by atoms with E-state index in [1.807, 2.05) is 56.3 Å². The lowest BCUT2D eigenvalue weighted by Crippen LogP contribution is -2.49. The topological polar surface area (TPSA) is 79.5 Å². The van der Waals surface area contributed by atoms with Crippen LogP contribution in [0, 0.1) is 13.8 Å². The van der Waals surface area contributed by atoms with E-state index in [0.29, 0.717) is 5.75 Å². The van der Waals surface area contributed by atoms with Crippen molar-refractivity contribution in [2.24, 2.45) is 0 Å². The van der Waals surface area contributed by atoms with Gasteiger partial charge in [-0.2, -0.15) is 0 Å². The van der Waals surface area contributed by atoms with E-state index in [1.165, 1.54) is 6.08 Å². The van der Waals surface area contributed by atoms with Crippen LogP contribution in [0.5, 0.6) is 5.75 Å². The van der Waals surface area contributed by atoms with Gasteiger partial charge in [0, 0.05) is 6.08 Å². The maximum absolute atomic E-state index is 11.8. The summed E-state index contributed by atoms with van der Waals surface area (Å²) in [4.78, 5) is 23.6.